The Kier molecular flexibility index (Phi) is 4.27. The van der Waals surface area contributed by atoms with Crippen molar-refractivity contribution < 1.29 is 9.53 Å². The molecule has 2 nitrogen and oxygen atoms in total. The first kappa shape index (κ1) is 16.5. The van der Waals surface area contributed by atoms with E-state index in [1.807, 2.05) is 78.9 Å². The van der Waals surface area contributed by atoms with Crippen molar-refractivity contribution in [2.75, 3.05) is 6.61 Å². The Balaban J connectivity index is 1.83. The van der Waals surface area contributed by atoms with Gasteiger partial charge in [0.15, 0.2) is 5.60 Å². The number of Topliss-reactive ketones (excluding diaryl/α,β-unsaturated/α-hetero) is 1. The third-order valence-electron chi connectivity index (χ3n) is 5.08. The number of carbonyl (C=O) groups is 1. The standard InChI is InChI=1S/C24H20O2/c1-18-22(19-11-5-2-6-12-19)17-26-24(18,21-15-9-4-10-16-21)23(25)20-13-7-3-8-14-20/h2-16,22H,1,17H2/t22-,24?/m1/s1. The molecule has 3 aromatic rings. The summed E-state index contributed by atoms with van der Waals surface area (Å²) in [6.07, 6.45) is 0. The first-order valence-electron chi connectivity index (χ1n) is 8.77. The van der Waals surface area contributed by atoms with Gasteiger partial charge in [-0.25, -0.2) is 0 Å². The van der Waals surface area contributed by atoms with Crippen LogP contribution in [-0.4, -0.2) is 12.4 Å². The molecular weight excluding hydrogens is 320 g/mol. The normalized spacial score (nSPS) is 22.3. The van der Waals surface area contributed by atoms with Gasteiger partial charge in [0.05, 0.1) is 6.61 Å². The number of benzene rings is 3. The topological polar surface area (TPSA) is 26.3 Å². The summed E-state index contributed by atoms with van der Waals surface area (Å²) in [7, 11) is 0. The molecule has 0 amide bonds. The Morgan fingerprint density at radius 1 is 0.846 bits per heavy atom. The van der Waals surface area contributed by atoms with E-state index in [4.69, 9.17) is 4.74 Å². The van der Waals surface area contributed by atoms with E-state index in [0.29, 0.717) is 12.2 Å². The Labute approximate surface area is 153 Å². The molecule has 2 heteroatoms. The van der Waals surface area contributed by atoms with Gasteiger partial charge in [0, 0.05) is 11.5 Å². The van der Waals surface area contributed by atoms with Crippen molar-refractivity contribution in [1.82, 2.24) is 0 Å². The summed E-state index contributed by atoms with van der Waals surface area (Å²) in [5.74, 6) is -0.0724. The van der Waals surface area contributed by atoms with Gasteiger partial charge in [0.2, 0.25) is 5.78 Å². The smallest absolute Gasteiger partial charge is 0.203 e. The van der Waals surface area contributed by atoms with Gasteiger partial charge in [0.1, 0.15) is 0 Å². The lowest BCUT2D eigenvalue weighted by Gasteiger charge is -2.29. The molecule has 0 spiro atoms. The molecule has 0 N–H and O–H groups in total. The van der Waals surface area contributed by atoms with Crippen molar-refractivity contribution in [3.05, 3.63) is 120 Å². The summed E-state index contributed by atoms with van der Waals surface area (Å²) in [4.78, 5) is 13.6. The van der Waals surface area contributed by atoms with Gasteiger partial charge in [-0.3, -0.25) is 4.79 Å². The summed E-state index contributed by atoms with van der Waals surface area (Å²) in [5, 5.41) is 0. The van der Waals surface area contributed by atoms with Crippen LogP contribution in [0.25, 0.3) is 0 Å². The molecule has 1 saturated heterocycles. The molecule has 0 saturated carbocycles. The van der Waals surface area contributed by atoms with Crippen LogP contribution in [-0.2, 0) is 10.3 Å². The SMILES string of the molecule is C=C1[C@H](c2ccccc2)COC1(C(=O)c1ccccc1)c1ccccc1. The number of hydrogen-bond donors (Lipinski definition) is 0. The van der Waals surface area contributed by atoms with Gasteiger partial charge in [-0.15, -0.1) is 0 Å². The predicted octanol–water partition coefficient (Wildman–Crippen LogP) is 5.14. The molecule has 2 atom stereocenters. The molecule has 4 rings (SSSR count). The van der Waals surface area contributed by atoms with Gasteiger partial charge in [-0.05, 0) is 16.7 Å². The summed E-state index contributed by atoms with van der Waals surface area (Å²) >= 11 is 0. The van der Waals surface area contributed by atoms with E-state index in [0.717, 1.165) is 16.7 Å². The molecule has 0 aliphatic carbocycles. The van der Waals surface area contributed by atoms with Gasteiger partial charge >= 0.3 is 0 Å². The van der Waals surface area contributed by atoms with Crippen molar-refractivity contribution in [3.8, 4) is 0 Å². The summed E-state index contributed by atoms with van der Waals surface area (Å²) in [6.45, 7) is 4.78. The first-order valence-corrected chi connectivity index (χ1v) is 8.77. The minimum atomic E-state index is -1.15. The molecule has 1 aliphatic rings. The van der Waals surface area contributed by atoms with E-state index in [2.05, 4.69) is 18.7 Å². The highest BCUT2D eigenvalue weighted by atomic mass is 16.5. The maximum Gasteiger partial charge on any atom is 0.203 e. The summed E-state index contributed by atoms with van der Waals surface area (Å²) < 4.78 is 6.27. The molecule has 1 heterocycles. The Hall–Kier alpha value is -2.97. The van der Waals surface area contributed by atoms with E-state index in [-0.39, 0.29) is 11.7 Å². The average Bonchev–Trinajstić information content (AvgIpc) is 3.07. The molecule has 0 aromatic heterocycles. The number of ketones is 1. The largest absolute Gasteiger partial charge is 0.357 e. The highest BCUT2D eigenvalue weighted by Gasteiger charge is 2.51. The van der Waals surface area contributed by atoms with E-state index in [1.54, 1.807) is 0 Å². The van der Waals surface area contributed by atoms with E-state index >= 15 is 0 Å². The highest BCUT2D eigenvalue weighted by Crippen LogP contribution is 2.48. The van der Waals surface area contributed by atoms with Crippen molar-refractivity contribution >= 4 is 5.78 Å². The van der Waals surface area contributed by atoms with Crippen LogP contribution in [0.5, 0.6) is 0 Å². The maximum atomic E-state index is 13.6. The van der Waals surface area contributed by atoms with Gasteiger partial charge < -0.3 is 4.74 Å². The predicted molar refractivity (Wildman–Crippen MR) is 103 cm³/mol. The quantitative estimate of drug-likeness (QED) is 0.486. The van der Waals surface area contributed by atoms with Crippen LogP contribution in [0, 0.1) is 0 Å². The van der Waals surface area contributed by atoms with Crippen LogP contribution >= 0.6 is 0 Å². The Morgan fingerprint density at radius 2 is 1.38 bits per heavy atom. The zero-order chi connectivity index (χ0) is 18.0. The van der Waals surface area contributed by atoms with Crippen molar-refractivity contribution in [2.24, 2.45) is 0 Å². The minimum absolute atomic E-state index is 0.0101. The zero-order valence-electron chi connectivity index (χ0n) is 14.5. The fraction of sp³-hybridized carbons (Fsp3) is 0.125. The number of hydrogen-bond acceptors (Lipinski definition) is 2. The lowest BCUT2D eigenvalue weighted by Crippen LogP contribution is -2.37. The van der Waals surface area contributed by atoms with Gasteiger partial charge in [-0.1, -0.05) is 97.6 Å². The fourth-order valence-electron chi connectivity index (χ4n) is 3.71. The second-order valence-corrected chi connectivity index (χ2v) is 6.54. The first-order chi connectivity index (χ1) is 12.7. The highest BCUT2D eigenvalue weighted by molar-refractivity contribution is 6.05. The van der Waals surface area contributed by atoms with E-state index in [9.17, 15) is 4.79 Å². The molecule has 1 fully saturated rings. The van der Waals surface area contributed by atoms with Crippen LogP contribution < -0.4 is 0 Å². The third-order valence-corrected chi connectivity index (χ3v) is 5.08. The van der Waals surface area contributed by atoms with Gasteiger partial charge in [0.25, 0.3) is 0 Å². The minimum Gasteiger partial charge on any atom is -0.357 e. The number of ether oxygens (including phenoxy) is 1. The van der Waals surface area contributed by atoms with Crippen LogP contribution in [0.4, 0.5) is 0 Å². The summed E-state index contributed by atoms with van der Waals surface area (Å²) in [5.41, 5.74) is 2.23. The lowest BCUT2D eigenvalue weighted by atomic mass is 9.76. The van der Waals surface area contributed by atoms with Crippen LogP contribution in [0.1, 0.15) is 27.4 Å². The molecule has 26 heavy (non-hydrogen) atoms. The van der Waals surface area contributed by atoms with E-state index < -0.39 is 5.60 Å². The fourth-order valence-corrected chi connectivity index (χ4v) is 3.71. The van der Waals surface area contributed by atoms with Crippen molar-refractivity contribution in [3.63, 3.8) is 0 Å². The summed E-state index contributed by atoms with van der Waals surface area (Å²) in [6, 6.07) is 29.1. The monoisotopic (exact) mass is 340 g/mol. The Morgan fingerprint density at radius 3 is 2.00 bits per heavy atom. The maximum absolute atomic E-state index is 13.6. The molecule has 0 bridgehead atoms. The molecule has 0 radical (unpaired) electrons. The van der Waals surface area contributed by atoms with Crippen molar-refractivity contribution in [2.45, 2.75) is 11.5 Å². The number of carbonyl (C=O) groups excluding carboxylic acids is 1. The number of rotatable bonds is 4. The molecule has 1 aliphatic heterocycles. The van der Waals surface area contributed by atoms with Crippen LogP contribution in [0.15, 0.2) is 103 Å². The average molecular weight is 340 g/mol. The second kappa shape index (κ2) is 6.74. The van der Waals surface area contributed by atoms with E-state index in [1.165, 1.54) is 0 Å². The third kappa shape index (κ3) is 2.59. The van der Waals surface area contributed by atoms with Crippen molar-refractivity contribution in [1.29, 1.82) is 0 Å². The zero-order valence-corrected chi connectivity index (χ0v) is 14.5. The van der Waals surface area contributed by atoms with Crippen LogP contribution in [0.3, 0.4) is 0 Å². The Bertz CT molecular complexity index is 916. The molecular formula is C24H20O2. The molecule has 1 unspecified atom stereocenters. The van der Waals surface area contributed by atoms with Crippen LogP contribution in [0.2, 0.25) is 0 Å². The molecule has 3 aromatic carbocycles. The second-order valence-electron chi connectivity index (χ2n) is 6.54. The van der Waals surface area contributed by atoms with Gasteiger partial charge in [-0.2, -0.15) is 0 Å². The molecule has 128 valence electrons. The lowest BCUT2D eigenvalue weighted by molar-refractivity contribution is 0.0211.